The van der Waals surface area contributed by atoms with Crippen molar-refractivity contribution >= 4 is 11.9 Å². The molecule has 2 N–H and O–H groups in total. The predicted octanol–water partition coefficient (Wildman–Crippen LogP) is 1.30. The number of hydrogen-bond acceptors (Lipinski definition) is 4. The minimum absolute atomic E-state index is 0.137. The van der Waals surface area contributed by atoms with E-state index < -0.39 is 5.97 Å². The summed E-state index contributed by atoms with van der Waals surface area (Å²) in [6.45, 7) is 0.158. The monoisotopic (exact) mass is 246 g/mol. The van der Waals surface area contributed by atoms with E-state index in [9.17, 15) is 9.59 Å². The number of furan rings is 1. The quantitative estimate of drug-likeness (QED) is 0.848. The van der Waals surface area contributed by atoms with E-state index in [2.05, 4.69) is 10.3 Å². The maximum absolute atomic E-state index is 11.6. The Bertz CT molecular complexity index is 563. The van der Waals surface area contributed by atoms with Crippen LogP contribution in [0.3, 0.4) is 0 Å². The number of nitrogens with one attached hydrogen (secondary N) is 1. The van der Waals surface area contributed by atoms with E-state index in [-0.39, 0.29) is 18.0 Å². The van der Waals surface area contributed by atoms with Crippen molar-refractivity contribution in [2.24, 2.45) is 0 Å². The van der Waals surface area contributed by atoms with Gasteiger partial charge < -0.3 is 14.8 Å². The molecule has 0 fully saturated rings. The molecule has 0 spiro atoms. The third kappa shape index (κ3) is 2.73. The van der Waals surface area contributed by atoms with Crippen molar-refractivity contribution in [2.75, 3.05) is 0 Å². The SMILES string of the molecule is O=C(O)c1ccnc(CNC(=O)c2ccoc2)c1. The Balaban J connectivity index is 2.00. The molecule has 0 radical (unpaired) electrons. The molecule has 2 rings (SSSR count). The first-order valence-electron chi connectivity index (χ1n) is 5.15. The standard InChI is InChI=1S/C12H10N2O4/c15-11(9-2-4-18-7-9)14-6-10-5-8(12(16)17)1-3-13-10/h1-5,7H,6H2,(H,14,15)(H,16,17). The third-order valence-corrected chi connectivity index (χ3v) is 2.28. The van der Waals surface area contributed by atoms with Crippen molar-refractivity contribution in [2.45, 2.75) is 6.54 Å². The normalized spacial score (nSPS) is 10.0. The molecule has 6 nitrogen and oxygen atoms in total. The van der Waals surface area contributed by atoms with Crippen LogP contribution in [0.15, 0.2) is 41.3 Å². The van der Waals surface area contributed by atoms with E-state index in [4.69, 9.17) is 9.52 Å². The topological polar surface area (TPSA) is 92.4 Å². The Morgan fingerprint density at radius 3 is 2.83 bits per heavy atom. The van der Waals surface area contributed by atoms with Crippen molar-refractivity contribution in [3.05, 3.63) is 53.7 Å². The van der Waals surface area contributed by atoms with E-state index >= 15 is 0 Å². The zero-order valence-corrected chi connectivity index (χ0v) is 9.29. The molecule has 0 aliphatic heterocycles. The Hall–Kier alpha value is -2.63. The molecule has 2 heterocycles. The van der Waals surface area contributed by atoms with Crippen LogP contribution in [0, 0.1) is 0 Å². The molecule has 0 saturated carbocycles. The van der Waals surface area contributed by atoms with Gasteiger partial charge in [-0.05, 0) is 18.2 Å². The number of amides is 1. The fraction of sp³-hybridized carbons (Fsp3) is 0.0833. The first-order chi connectivity index (χ1) is 8.66. The number of aromatic carboxylic acids is 1. The highest BCUT2D eigenvalue weighted by atomic mass is 16.4. The number of nitrogens with zero attached hydrogens (tertiary/aromatic N) is 1. The van der Waals surface area contributed by atoms with Gasteiger partial charge in [-0.2, -0.15) is 0 Å². The van der Waals surface area contributed by atoms with Crippen LogP contribution in [-0.4, -0.2) is 22.0 Å². The average molecular weight is 246 g/mol. The lowest BCUT2D eigenvalue weighted by Gasteiger charge is -2.03. The second-order valence-electron chi connectivity index (χ2n) is 3.54. The molecule has 6 heteroatoms. The van der Waals surface area contributed by atoms with Gasteiger partial charge in [-0.25, -0.2) is 4.79 Å². The van der Waals surface area contributed by atoms with Gasteiger partial charge in [0.25, 0.3) is 5.91 Å². The molecule has 0 unspecified atom stereocenters. The molecule has 0 bridgehead atoms. The average Bonchev–Trinajstić information content (AvgIpc) is 2.90. The van der Waals surface area contributed by atoms with Crippen LogP contribution in [0.2, 0.25) is 0 Å². The van der Waals surface area contributed by atoms with Crippen LogP contribution in [0.4, 0.5) is 0 Å². The number of carbonyl (C=O) groups is 2. The highest BCUT2D eigenvalue weighted by Crippen LogP contribution is 2.03. The Labute approximate surface area is 102 Å². The lowest BCUT2D eigenvalue weighted by Crippen LogP contribution is -2.22. The highest BCUT2D eigenvalue weighted by Gasteiger charge is 2.08. The van der Waals surface area contributed by atoms with Crippen molar-refractivity contribution in [1.82, 2.24) is 10.3 Å². The van der Waals surface area contributed by atoms with E-state index in [1.165, 1.54) is 36.9 Å². The summed E-state index contributed by atoms with van der Waals surface area (Å²) in [5, 5.41) is 11.4. The van der Waals surface area contributed by atoms with Gasteiger partial charge in [0.05, 0.1) is 29.6 Å². The summed E-state index contributed by atoms with van der Waals surface area (Å²) in [5.41, 5.74) is 1.02. The second kappa shape index (κ2) is 5.13. The number of pyridine rings is 1. The maximum atomic E-state index is 11.6. The fourth-order valence-corrected chi connectivity index (χ4v) is 1.37. The van der Waals surface area contributed by atoms with Gasteiger partial charge in [0.1, 0.15) is 6.26 Å². The fourth-order valence-electron chi connectivity index (χ4n) is 1.37. The Morgan fingerprint density at radius 1 is 1.33 bits per heavy atom. The number of carboxylic acid groups (broad SMARTS) is 1. The van der Waals surface area contributed by atoms with E-state index in [0.29, 0.717) is 11.3 Å². The minimum Gasteiger partial charge on any atom is -0.478 e. The van der Waals surface area contributed by atoms with E-state index in [0.717, 1.165) is 0 Å². The highest BCUT2D eigenvalue weighted by molar-refractivity contribution is 5.93. The van der Waals surface area contributed by atoms with Gasteiger partial charge in [0.2, 0.25) is 0 Å². The molecule has 18 heavy (non-hydrogen) atoms. The largest absolute Gasteiger partial charge is 0.478 e. The summed E-state index contributed by atoms with van der Waals surface area (Å²) < 4.78 is 4.78. The molecule has 92 valence electrons. The minimum atomic E-state index is -1.03. The van der Waals surface area contributed by atoms with Gasteiger partial charge in [-0.3, -0.25) is 9.78 Å². The number of aromatic nitrogens is 1. The van der Waals surface area contributed by atoms with Crippen molar-refractivity contribution in [3.8, 4) is 0 Å². The Morgan fingerprint density at radius 2 is 2.17 bits per heavy atom. The number of carboxylic acids is 1. The van der Waals surface area contributed by atoms with Crippen LogP contribution in [0.25, 0.3) is 0 Å². The molecule has 0 aromatic carbocycles. The number of hydrogen-bond donors (Lipinski definition) is 2. The molecule has 1 amide bonds. The zero-order chi connectivity index (χ0) is 13.0. The Kier molecular flexibility index (Phi) is 3.38. The van der Waals surface area contributed by atoms with E-state index in [1.54, 1.807) is 0 Å². The first kappa shape index (κ1) is 11.8. The van der Waals surface area contributed by atoms with Gasteiger partial charge in [0.15, 0.2) is 0 Å². The first-order valence-corrected chi connectivity index (χ1v) is 5.15. The zero-order valence-electron chi connectivity index (χ0n) is 9.29. The lowest BCUT2D eigenvalue weighted by molar-refractivity contribution is 0.0696. The lowest BCUT2D eigenvalue weighted by atomic mass is 10.2. The molecule has 0 aliphatic rings. The molecular weight excluding hydrogens is 236 g/mol. The van der Waals surface area contributed by atoms with Crippen LogP contribution in [-0.2, 0) is 6.54 Å². The molecule has 2 aromatic rings. The second-order valence-corrected chi connectivity index (χ2v) is 3.54. The van der Waals surface area contributed by atoms with E-state index in [1.807, 2.05) is 0 Å². The van der Waals surface area contributed by atoms with Gasteiger partial charge in [0, 0.05) is 6.20 Å². The van der Waals surface area contributed by atoms with Gasteiger partial charge in [-0.15, -0.1) is 0 Å². The van der Waals surface area contributed by atoms with Crippen molar-refractivity contribution in [3.63, 3.8) is 0 Å². The van der Waals surface area contributed by atoms with Crippen LogP contribution >= 0.6 is 0 Å². The maximum Gasteiger partial charge on any atom is 0.335 e. The smallest absolute Gasteiger partial charge is 0.335 e. The number of rotatable bonds is 4. The summed E-state index contributed by atoms with van der Waals surface area (Å²) in [7, 11) is 0. The molecule has 0 atom stereocenters. The molecule has 0 aliphatic carbocycles. The van der Waals surface area contributed by atoms with Crippen molar-refractivity contribution < 1.29 is 19.1 Å². The third-order valence-electron chi connectivity index (χ3n) is 2.28. The van der Waals surface area contributed by atoms with Gasteiger partial charge >= 0.3 is 5.97 Å². The molecule has 2 aromatic heterocycles. The summed E-state index contributed by atoms with van der Waals surface area (Å²) in [5.74, 6) is -1.33. The summed E-state index contributed by atoms with van der Waals surface area (Å²) in [6.07, 6.45) is 4.12. The van der Waals surface area contributed by atoms with Crippen LogP contribution in [0.1, 0.15) is 26.4 Å². The van der Waals surface area contributed by atoms with Crippen LogP contribution in [0.5, 0.6) is 0 Å². The summed E-state index contributed by atoms with van der Waals surface area (Å²) >= 11 is 0. The molecule has 0 saturated heterocycles. The van der Waals surface area contributed by atoms with Gasteiger partial charge in [-0.1, -0.05) is 0 Å². The molecular formula is C12H10N2O4. The predicted molar refractivity (Wildman–Crippen MR) is 61.1 cm³/mol. The summed E-state index contributed by atoms with van der Waals surface area (Å²) in [4.78, 5) is 26.3. The van der Waals surface area contributed by atoms with Crippen LogP contribution < -0.4 is 5.32 Å². The van der Waals surface area contributed by atoms with Crippen molar-refractivity contribution in [1.29, 1.82) is 0 Å². The summed E-state index contributed by atoms with van der Waals surface area (Å²) in [6, 6.07) is 4.35. The number of carbonyl (C=O) groups excluding carboxylic acids is 1.